The number of hydrogen-bond acceptors (Lipinski definition) is 5. The molecular formula is C15H10ClFN4OS. The van der Waals surface area contributed by atoms with E-state index in [4.69, 9.17) is 11.6 Å². The third-order valence-electron chi connectivity index (χ3n) is 3.01. The van der Waals surface area contributed by atoms with Crippen LogP contribution in [0, 0.1) is 5.82 Å². The zero-order valence-electron chi connectivity index (χ0n) is 11.7. The lowest BCUT2D eigenvalue weighted by Gasteiger charge is -2.04. The molecule has 5 nitrogen and oxygen atoms in total. The fraction of sp³-hybridized carbons (Fsp3) is 0.0667. The number of thioether (sulfide) groups is 1. The molecular weight excluding hydrogens is 339 g/mol. The molecule has 0 unspecified atom stereocenters. The van der Waals surface area contributed by atoms with E-state index in [2.05, 4.69) is 15.5 Å². The van der Waals surface area contributed by atoms with Crippen LogP contribution >= 0.6 is 23.4 Å². The minimum atomic E-state index is -0.339. The Hall–Kier alpha value is -2.25. The first-order valence-corrected chi connectivity index (χ1v) is 7.96. The average molecular weight is 349 g/mol. The molecule has 0 saturated heterocycles. The Labute approximate surface area is 140 Å². The summed E-state index contributed by atoms with van der Waals surface area (Å²) in [6.07, 6.45) is 0. The van der Waals surface area contributed by atoms with Gasteiger partial charge in [0.2, 0.25) is 5.16 Å². The zero-order chi connectivity index (χ0) is 16.2. The van der Waals surface area contributed by atoms with Crippen LogP contribution < -0.4 is 0 Å². The second kappa shape index (κ2) is 6.89. The highest BCUT2D eigenvalue weighted by molar-refractivity contribution is 7.99. The van der Waals surface area contributed by atoms with Crippen LogP contribution in [0.2, 0.25) is 5.02 Å². The predicted molar refractivity (Wildman–Crippen MR) is 85.6 cm³/mol. The van der Waals surface area contributed by atoms with E-state index in [1.54, 1.807) is 36.4 Å². The van der Waals surface area contributed by atoms with Crippen LogP contribution in [0.1, 0.15) is 10.4 Å². The van der Waals surface area contributed by atoms with Crippen LogP contribution in [-0.4, -0.2) is 31.7 Å². The van der Waals surface area contributed by atoms with Crippen LogP contribution in [0.15, 0.2) is 53.7 Å². The molecule has 0 fully saturated rings. The van der Waals surface area contributed by atoms with Crippen molar-refractivity contribution in [2.45, 2.75) is 5.16 Å². The molecule has 3 rings (SSSR count). The second-order valence-corrected chi connectivity index (χ2v) is 5.95. The van der Waals surface area contributed by atoms with Gasteiger partial charge >= 0.3 is 0 Å². The molecule has 0 N–H and O–H groups in total. The summed E-state index contributed by atoms with van der Waals surface area (Å²) in [6, 6.07) is 12.5. The maximum absolute atomic E-state index is 13.0. The van der Waals surface area contributed by atoms with E-state index in [0.717, 1.165) is 0 Å². The molecule has 0 aliphatic carbocycles. The standard InChI is InChI=1S/C15H10ClFN4OS/c16-11-3-1-10(2-4-11)14(22)9-23-15-18-19-20-21(15)13-7-5-12(17)6-8-13/h1-8H,9H2. The number of carbonyl (C=O) groups excluding carboxylic acids is 1. The molecule has 0 aliphatic heterocycles. The van der Waals surface area contributed by atoms with Crippen molar-refractivity contribution in [2.75, 3.05) is 5.75 Å². The molecule has 1 heterocycles. The van der Waals surface area contributed by atoms with Crippen molar-refractivity contribution in [2.24, 2.45) is 0 Å². The molecule has 0 spiro atoms. The van der Waals surface area contributed by atoms with Crippen molar-refractivity contribution in [3.05, 3.63) is 64.9 Å². The molecule has 0 aliphatic rings. The molecule has 0 amide bonds. The van der Waals surface area contributed by atoms with Crippen molar-refractivity contribution >= 4 is 29.1 Å². The minimum Gasteiger partial charge on any atom is -0.293 e. The van der Waals surface area contributed by atoms with Gasteiger partial charge in [0.25, 0.3) is 0 Å². The van der Waals surface area contributed by atoms with E-state index >= 15 is 0 Å². The van der Waals surface area contributed by atoms with Crippen LogP contribution in [0.25, 0.3) is 5.69 Å². The van der Waals surface area contributed by atoms with Crippen molar-refractivity contribution < 1.29 is 9.18 Å². The van der Waals surface area contributed by atoms with Gasteiger partial charge in [0.05, 0.1) is 11.4 Å². The van der Waals surface area contributed by atoms with Gasteiger partial charge in [-0.2, -0.15) is 4.68 Å². The van der Waals surface area contributed by atoms with E-state index in [9.17, 15) is 9.18 Å². The number of hydrogen-bond donors (Lipinski definition) is 0. The molecule has 8 heteroatoms. The molecule has 3 aromatic rings. The number of Topliss-reactive ketones (excluding diaryl/α,β-unsaturated/α-hetero) is 1. The van der Waals surface area contributed by atoms with E-state index in [0.29, 0.717) is 21.4 Å². The smallest absolute Gasteiger partial charge is 0.214 e. The fourth-order valence-corrected chi connectivity index (χ4v) is 2.77. The SMILES string of the molecule is O=C(CSc1nnnn1-c1ccc(F)cc1)c1ccc(Cl)cc1. The molecule has 0 bridgehead atoms. The Balaban J connectivity index is 1.72. The Kier molecular flexibility index (Phi) is 4.68. The van der Waals surface area contributed by atoms with Gasteiger partial charge in [0.15, 0.2) is 5.78 Å². The van der Waals surface area contributed by atoms with Gasteiger partial charge in [-0.05, 0) is 59.0 Å². The number of aromatic nitrogens is 4. The number of halogens is 2. The number of tetrazole rings is 1. The average Bonchev–Trinajstić information content (AvgIpc) is 3.02. The summed E-state index contributed by atoms with van der Waals surface area (Å²) < 4.78 is 14.4. The molecule has 1 aromatic heterocycles. The van der Waals surface area contributed by atoms with E-state index in [1.807, 2.05) is 0 Å². The molecule has 0 saturated carbocycles. The summed E-state index contributed by atoms with van der Waals surface area (Å²) in [5.41, 5.74) is 1.19. The fourth-order valence-electron chi connectivity index (χ4n) is 1.86. The first-order chi connectivity index (χ1) is 11.1. The molecule has 116 valence electrons. The van der Waals surface area contributed by atoms with Gasteiger partial charge in [0.1, 0.15) is 5.82 Å². The van der Waals surface area contributed by atoms with Crippen molar-refractivity contribution in [1.29, 1.82) is 0 Å². The van der Waals surface area contributed by atoms with Crippen LogP contribution in [0.3, 0.4) is 0 Å². The summed E-state index contributed by atoms with van der Waals surface area (Å²) in [4.78, 5) is 12.2. The highest BCUT2D eigenvalue weighted by Gasteiger charge is 2.13. The lowest BCUT2D eigenvalue weighted by molar-refractivity contribution is 0.102. The Morgan fingerprint density at radius 1 is 1.13 bits per heavy atom. The number of nitrogens with zero attached hydrogens (tertiary/aromatic N) is 4. The highest BCUT2D eigenvalue weighted by Crippen LogP contribution is 2.20. The largest absolute Gasteiger partial charge is 0.293 e. The maximum atomic E-state index is 13.0. The van der Waals surface area contributed by atoms with Crippen LogP contribution in [0.4, 0.5) is 4.39 Å². The van der Waals surface area contributed by atoms with E-state index < -0.39 is 0 Å². The van der Waals surface area contributed by atoms with Crippen molar-refractivity contribution in [3.63, 3.8) is 0 Å². The van der Waals surface area contributed by atoms with Gasteiger partial charge in [-0.15, -0.1) is 5.10 Å². The number of rotatable bonds is 5. The summed E-state index contributed by atoms with van der Waals surface area (Å²) in [5.74, 6) is -0.210. The lowest BCUT2D eigenvalue weighted by Crippen LogP contribution is -2.05. The molecule has 23 heavy (non-hydrogen) atoms. The van der Waals surface area contributed by atoms with Gasteiger partial charge in [-0.3, -0.25) is 4.79 Å². The zero-order valence-corrected chi connectivity index (χ0v) is 13.3. The normalized spacial score (nSPS) is 10.7. The first kappa shape index (κ1) is 15.6. The number of ketones is 1. The Morgan fingerprint density at radius 3 is 2.52 bits per heavy atom. The van der Waals surface area contributed by atoms with Crippen LogP contribution in [-0.2, 0) is 0 Å². The summed E-state index contributed by atoms with van der Waals surface area (Å²) in [6.45, 7) is 0. The van der Waals surface area contributed by atoms with E-state index in [1.165, 1.54) is 28.6 Å². The van der Waals surface area contributed by atoms with Gasteiger partial charge in [-0.1, -0.05) is 23.4 Å². The summed E-state index contributed by atoms with van der Waals surface area (Å²) in [7, 11) is 0. The monoisotopic (exact) mass is 348 g/mol. The van der Waals surface area contributed by atoms with Gasteiger partial charge < -0.3 is 0 Å². The Morgan fingerprint density at radius 2 is 1.83 bits per heavy atom. The summed E-state index contributed by atoms with van der Waals surface area (Å²) in [5, 5.41) is 12.4. The highest BCUT2D eigenvalue weighted by atomic mass is 35.5. The quantitative estimate of drug-likeness (QED) is 0.522. The summed E-state index contributed by atoms with van der Waals surface area (Å²) >= 11 is 7.01. The number of benzene rings is 2. The number of carbonyl (C=O) groups is 1. The van der Waals surface area contributed by atoms with E-state index in [-0.39, 0.29) is 17.4 Å². The predicted octanol–water partition coefficient (Wildman–Crippen LogP) is 3.43. The third kappa shape index (κ3) is 3.75. The second-order valence-electron chi connectivity index (χ2n) is 4.57. The third-order valence-corrected chi connectivity index (χ3v) is 4.18. The molecule has 2 aromatic carbocycles. The first-order valence-electron chi connectivity index (χ1n) is 6.59. The minimum absolute atomic E-state index is 0.0553. The lowest BCUT2D eigenvalue weighted by atomic mass is 10.1. The van der Waals surface area contributed by atoms with Crippen molar-refractivity contribution in [1.82, 2.24) is 20.2 Å². The maximum Gasteiger partial charge on any atom is 0.214 e. The molecule has 0 atom stereocenters. The van der Waals surface area contributed by atoms with Crippen LogP contribution in [0.5, 0.6) is 0 Å². The molecule has 0 radical (unpaired) electrons. The Bertz CT molecular complexity index is 820. The van der Waals surface area contributed by atoms with Crippen molar-refractivity contribution in [3.8, 4) is 5.69 Å². The van der Waals surface area contributed by atoms with Gasteiger partial charge in [0, 0.05) is 10.6 Å². The van der Waals surface area contributed by atoms with Gasteiger partial charge in [-0.25, -0.2) is 4.39 Å². The topological polar surface area (TPSA) is 60.7 Å².